The summed E-state index contributed by atoms with van der Waals surface area (Å²) >= 11 is 0. The molecular formula is C9H10FN3. The van der Waals surface area contributed by atoms with Crippen LogP contribution in [0.5, 0.6) is 0 Å². The van der Waals surface area contributed by atoms with Crippen LogP contribution in [-0.4, -0.2) is 16.7 Å². The summed E-state index contributed by atoms with van der Waals surface area (Å²) in [5.74, 6) is -0.241. The zero-order valence-electron chi connectivity index (χ0n) is 7.05. The highest BCUT2D eigenvalue weighted by Gasteiger charge is 2.08. The van der Waals surface area contributed by atoms with Crippen molar-refractivity contribution in [3.05, 3.63) is 29.7 Å². The molecule has 0 saturated carbocycles. The third-order valence-corrected chi connectivity index (χ3v) is 2.00. The van der Waals surface area contributed by atoms with Gasteiger partial charge in [-0.15, -0.1) is 0 Å². The number of nitrogens with zero attached hydrogens (tertiary/aromatic N) is 1. The fourth-order valence-corrected chi connectivity index (χ4v) is 1.41. The summed E-state index contributed by atoms with van der Waals surface area (Å²) in [6, 6.07) is 4.84. The van der Waals surface area contributed by atoms with Gasteiger partial charge in [0.2, 0.25) is 0 Å². The monoisotopic (exact) mass is 179 g/mol. The van der Waals surface area contributed by atoms with E-state index in [9.17, 15) is 4.39 Å². The van der Waals surface area contributed by atoms with Crippen molar-refractivity contribution in [1.82, 2.24) is 10.2 Å². The second-order valence-electron chi connectivity index (χ2n) is 2.87. The van der Waals surface area contributed by atoms with E-state index in [1.807, 2.05) is 0 Å². The molecule has 0 fully saturated rings. The van der Waals surface area contributed by atoms with Crippen molar-refractivity contribution in [2.75, 3.05) is 6.54 Å². The molecule has 0 aliphatic carbocycles. The molecule has 0 aliphatic rings. The standard InChI is InChI=1S/C9H10FN3/c10-6-2-1-3-7-9(6)8(4-5-11)13-12-7/h1-3H,4-5,11H2,(H,12,13). The molecule has 3 N–H and O–H groups in total. The van der Waals surface area contributed by atoms with E-state index < -0.39 is 0 Å². The Morgan fingerprint density at radius 2 is 2.31 bits per heavy atom. The lowest BCUT2D eigenvalue weighted by atomic mass is 10.1. The highest BCUT2D eigenvalue weighted by molar-refractivity contribution is 5.81. The number of halogens is 1. The second-order valence-corrected chi connectivity index (χ2v) is 2.87. The van der Waals surface area contributed by atoms with E-state index in [4.69, 9.17) is 5.73 Å². The van der Waals surface area contributed by atoms with Crippen LogP contribution in [0.1, 0.15) is 5.69 Å². The van der Waals surface area contributed by atoms with E-state index in [0.717, 1.165) is 5.69 Å². The fraction of sp³-hybridized carbons (Fsp3) is 0.222. The van der Waals surface area contributed by atoms with Gasteiger partial charge in [-0.1, -0.05) is 6.07 Å². The summed E-state index contributed by atoms with van der Waals surface area (Å²) in [7, 11) is 0. The number of hydrogen-bond donors (Lipinski definition) is 2. The summed E-state index contributed by atoms with van der Waals surface area (Å²) in [5.41, 5.74) is 6.82. The summed E-state index contributed by atoms with van der Waals surface area (Å²) < 4.78 is 13.3. The van der Waals surface area contributed by atoms with Gasteiger partial charge in [0.05, 0.1) is 10.9 Å². The van der Waals surface area contributed by atoms with Gasteiger partial charge in [0.25, 0.3) is 0 Å². The molecule has 13 heavy (non-hydrogen) atoms. The first-order valence-electron chi connectivity index (χ1n) is 4.14. The fourth-order valence-electron chi connectivity index (χ4n) is 1.41. The summed E-state index contributed by atoms with van der Waals surface area (Å²) in [6.45, 7) is 0.492. The summed E-state index contributed by atoms with van der Waals surface area (Å²) in [6.07, 6.45) is 0.622. The van der Waals surface area contributed by atoms with Crippen molar-refractivity contribution in [2.45, 2.75) is 6.42 Å². The van der Waals surface area contributed by atoms with Gasteiger partial charge in [-0.2, -0.15) is 5.10 Å². The van der Waals surface area contributed by atoms with E-state index >= 15 is 0 Å². The topological polar surface area (TPSA) is 54.7 Å². The van der Waals surface area contributed by atoms with Crippen molar-refractivity contribution >= 4 is 10.9 Å². The average Bonchev–Trinajstić information content (AvgIpc) is 2.51. The number of nitrogens with two attached hydrogens (primary N) is 1. The van der Waals surface area contributed by atoms with E-state index in [-0.39, 0.29) is 5.82 Å². The second kappa shape index (κ2) is 3.14. The average molecular weight is 179 g/mol. The van der Waals surface area contributed by atoms with Crippen LogP contribution >= 0.6 is 0 Å². The number of aromatic amines is 1. The molecule has 1 aromatic heterocycles. The quantitative estimate of drug-likeness (QED) is 0.727. The molecule has 0 unspecified atom stereocenters. The predicted molar refractivity (Wildman–Crippen MR) is 48.8 cm³/mol. The molecule has 0 saturated heterocycles. The lowest BCUT2D eigenvalue weighted by Crippen LogP contribution is -2.03. The normalized spacial score (nSPS) is 10.9. The van der Waals surface area contributed by atoms with Crippen LogP contribution in [0, 0.1) is 5.82 Å². The van der Waals surface area contributed by atoms with Gasteiger partial charge >= 0.3 is 0 Å². The van der Waals surface area contributed by atoms with E-state index in [1.54, 1.807) is 12.1 Å². The third kappa shape index (κ3) is 1.29. The molecule has 0 bridgehead atoms. The molecule has 2 rings (SSSR count). The molecular weight excluding hydrogens is 169 g/mol. The first-order chi connectivity index (χ1) is 6.33. The molecule has 1 heterocycles. The van der Waals surface area contributed by atoms with Crippen molar-refractivity contribution in [3.63, 3.8) is 0 Å². The van der Waals surface area contributed by atoms with Crippen molar-refractivity contribution in [3.8, 4) is 0 Å². The number of benzene rings is 1. The zero-order valence-corrected chi connectivity index (χ0v) is 7.05. The Morgan fingerprint density at radius 3 is 3.08 bits per heavy atom. The summed E-state index contributed by atoms with van der Waals surface area (Å²) in [4.78, 5) is 0. The van der Waals surface area contributed by atoms with Crippen LogP contribution in [0.2, 0.25) is 0 Å². The van der Waals surface area contributed by atoms with Gasteiger partial charge in [-0.25, -0.2) is 4.39 Å². The maximum Gasteiger partial charge on any atom is 0.134 e. The first kappa shape index (κ1) is 8.19. The molecule has 4 heteroatoms. The molecule has 0 aliphatic heterocycles. The molecule has 1 aromatic carbocycles. The molecule has 0 spiro atoms. The Balaban J connectivity index is 2.64. The van der Waals surface area contributed by atoms with Crippen LogP contribution in [0.15, 0.2) is 18.2 Å². The minimum absolute atomic E-state index is 0.241. The number of fused-ring (bicyclic) bond motifs is 1. The molecule has 0 atom stereocenters. The van der Waals surface area contributed by atoms with E-state index in [0.29, 0.717) is 23.9 Å². The Labute approximate surface area is 74.7 Å². The van der Waals surface area contributed by atoms with Crippen LogP contribution in [0.4, 0.5) is 4.39 Å². The number of nitrogens with one attached hydrogen (secondary N) is 1. The largest absolute Gasteiger partial charge is 0.330 e. The molecule has 68 valence electrons. The minimum Gasteiger partial charge on any atom is -0.330 e. The Hall–Kier alpha value is -1.42. The minimum atomic E-state index is -0.241. The predicted octanol–water partition coefficient (Wildman–Crippen LogP) is 1.20. The Kier molecular flexibility index (Phi) is 1.98. The van der Waals surface area contributed by atoms with Crippen LogP contribution in [0.25, 0.3) is 10.9 Å². The van der Waals surface area contributed by atoms with Gasteiger partial charge in [0.15, 0.2) is 0 Å². The first-order valence-corrected chi connectivity index (χ1v) is 4.14. The number of aromatic nitrogens is 2. The third-order valence-electron chi connectivity index (χ3n) is 2.00. The van der Waals surface area contributed by atoms with Crippen molar-refractivity contribution < 1.29 is 4.39 Å². The lowest BCUT2D eigenvalue weighted by molar-refractivity contribution is 0.638. The Morgan fingerprint density at radius 1 is 1.46 bits per heavy atom. The van der Waals surface area contributed by atoms with Crippen LogP contribution in [0.3, 0.4) is 0 Å². The van der Waals surface area contributed by atoms with E-state index in [1.165, 1.54) is 6.07 Å². The van der Waals surface area contributed by atoms with Crippen molar-refractivity contribution in [1.29, 1.82) is 0 Å². The molecule has 0 radical (unpaired) electrons. The van der Waals surface area contributed by atoms with Crippen LogP contribution in [-0.2, 0) is 6.42 Å². The van der Waals surface area contributed by atoms with E-state index in [2.05, 4.69) is 10.2 Å². The SMILES string of the molecule is NCCc1[nH]nc2cccc(F)c12. The number of H-pyrrole nitrogens is 1. The van der Waals surface area contributed by atoms with Gasteiger partial charge in [0.1, 0.15) is 5.82 Å². The maximum absolute atomic E-state index is 13.3. The van der Waals surface area contributed by atoms with Gasteiger partial charge in [-0.05, 0) is 18.7 Å². The molecule has 3 nitrogen and oxygen atoms in total. The molecule has 0 amide bonds. The van der Waals surface area contributed by atoms with Gasteiger partial charge < -0.3 is 5.73 Å². The van der Waals surface area contributed by atoms with Crippen LogP contribution < -0.4 is 5.73 Å². The lowest BCUT2D eigenvalue weighted by Gasteiger charge is -1.95. The highest BCUT2D eigenvalue weighted by atomic mass is 19.1. The zero-order chi connectivity index (χ0) is 9.26. The van der Waals surface area contributed by atoms with Gasteiger partial charge in [0, 0.05) is 12.1 Å². The van der Waals surface area contributed by atoms with Gasteiger partial charge in [-0.3, -0.25) is 5.10 Å². The Bertz CT molecular complexity index is 422. The summed E-state index contributed by atoms with van der Waals surface area (Å²) in [5, 5.41) is 7.33. The number of rotatable bonds is 2. The highest BCUT2D eigenvalue weighted by Crippen LogP contribution is 2.19. The smallest absolute Gasteiger partial charge is 0.134 e. The number of hydrogen-bond acceptors (Lipinski definition) is 2. The molecule has 2 aromatic rings. The maximum atomic E-state index is 13.3. The van der Waals surface area contributed by atoms with Crippen molar-refractivity contribution in [2.24, 2.45) is 5.73 Å².